The number of hydrogen-bond donors (Lipinski definition) is 0. The Balaban J connectivity index is 1.88. The highest BCUT2D eigenvalue weighted by atomic mass is 79.9. The summed E-state index contributed by atoms with van der Waals surface area (Å²) < 4.78 is 47.9. The quantitative estimate of drug-likeness (QED) is 0.478. The van der Waals surface area contributed by atoms with Crippen LogP contribution in [0.2, 0.25) is 0 Å². The average Bonchev–Trinajstić information content (AvgIpc) is 2.53. The number of ether oxygens (including phenoxy) is 1. The molecule has 0 bridgehead atoms. The van der Waals surface area contributed by atoms with E-state index >= 15 is 0 Å². The molecule has 1 aliphatic rings. The Kier molecular flexibility index (Phi) is 5.31. The van der Waals surface area contributed by atoms with Gasteiger partial charge >= 0.3 is 6.18 Å². The summed E-state index contributed by atoms with van der Waals surface area (Å²) in [6.07, 6.45) is -1.00. The zero-order chi connectivity index (χ0) is 19.1. The summed E-state index contributed by atoms with van der Waals surface area (Å²) in [5, 5.41) is 0.733. The first-order valence-corrected chi connectivity index (χ1v) is 9.81. The van der Waals surface area contributed by atoms with Gasteiger partial charge in [0.05, 0.1) is 6.10 Å². The van der Waals surface area contributed by atoms with E-state index in [0.29, 0.717) is 11.3 Å². The van der Waals surface area contributed by atoms with Crippen LogP contribution in [-0.2, 0) is 6.18 Å². The molecule has 1 fully saturated rings. The van der Waals surface area contributed by atoms with E-state index in [9.17, 15) is 13.2 Å². The maximum Gasteiger partial charge on any atom is 0.420 e. The largest absolute Gasteiger partial charge is 0.490 e. The highest BCUT2D eigenvalue weighted by Crippen LogP contribution is 2.44. The van der Waals surface area contributed by atoms with Crippen molar-refractivity contribution in [1.29, 1.82) is 0 Å². The van der Waals surface area contributed by atoms with Crippen molar-refractivity contribution in [2.75, 3.05) is 0 Å². The predicted molar refractivity (Wildman–Crippen MR) is 102 cm³/mol. The van der Waals surface area contributed by atoms with Crippen LogP contribution >= 0.6 is 15.9 Å². The van der Waals surface area contributed by atoms with Gasteiger partial charge in [-0.1, -0.05) is 48.8 Å². The van der Waals surface area contributed by atoms with Crippen LogP contribution in [0.15, 0.2) is 34.8 Å². The first kappa shape index (κ1) is 19.5. The molecule has 0 atom stereocenters. The second-order valence-corrected chi connectivity index (χ2v) is 9.18. The molecular formula is C21H24BrF3O. The van der Waals surface area contributed by atoms with E-state index in [4.69, 9.17) is 4.74 Å². The van der Waals surface area contributed by atoms with E-state index < -0.39 is 11.7 Å². The first-order valence-electron chi connectivity index (χ1n) is 9.02. The highest BCUT2D eigenvalue weighted by Gasteiger charge is 2.38. The molecule has 0 aliphatic heterocycles. The predicted octanol–water partition coefficient (Wildman–Crippen LogP) is 7.60. The molecule has 1 nitrogen and oxygen atoms in total. The van der Waals surface area contributed by atoms with Crippen molar-refractivity contribution in [1.82, 2.24) is 0 Å². The minimum Gasteiger partial charge on any atom is -0.490 e. The lowest BCUT2D eigenvalue weighted by Gasteiger charge is -2.37. The Hall–Kier alpha value is -1.23. The maximum absolute atomic E-state index is 13.8. The van der Waals surface area contributed by atoms with E-state index in [1.54, 1.807) is 18.2 Å². The van der Waals surface area contributed by atoms with Gasteiger partial charge in [0.15, 0.2) is 0 Å². The molecule has 3 rings (SSSR count). The Labute approximate surface area is 161 Å². The normalized spacial score (nSPS) is 21.8. The SMILES string of the molecule is CC(C)(C)C1CCC(Oc2ccc3cc(Br)ccc3c2C(F)(F)F)CC1. The highest BCUT2D eigenvalue weighted by molar-refractivity contribution is 9.10. The molecule has 0 aromatic heterocycles. The summed E-state index contributed by atoms with van der Waals surface area (Å²) in [6.45, 7) is 6.67. The van der Waals surface area contributed by atoms with Gasteiger partial charge in [0.25, 0.3) is 0 Å². The third-order valence-electron chi connectivity index (χ3n) is 5.42. The molecule has 0 spiro atoms. The van der Waals surface area contributed by atoms with Gasteiger partial charge in [0.1, 0.15) is 11.3 Å². The molecule has 1 aliphatic carbocycles. The standard InChI is InChI=1S/C21H24BrF3O/c1-20(2,3)14-5-8-16(9-6-14)26-18-11-4-13-12-15(22)7-10-17(13)19(18)21(23,24)25/h4,7,10-12,14,16H,5-6,8-9H2,1-3H3. The molecule has 0 unspecified atom stereocenters. The molecule has 2 aromatic rings. The van der Waals surface area contributed by atoms with Gasteiger partial charge in [-0.25, -0.2) is 0 Å². The number of rotatable bonds is 2. The monoisotopic (exact) mass is 428 g/mol. The summed E-state index contributed by atoms with van der Waals surface area (Å²) in [7, 11) is 0. The van der Waals surface area contributed by atoms with Gasteiger partial charge in [-0.3, -0.25) is 0 Å². The van der Waals surface area contributed by atoms with Crippen molar-refractivity contribution >= 4 is 26.7 Å². The van der Waals surface area contributed by atoms with Crippen LogP contribution in [0.1, 0.15) is 52.0 Å². The first-order chi connectivity index (χ1) is 12.1. The van der Waals surface area contributed by atoms with Gasteiger partial charge in [-0.05, 0) is 66.0 Å². The van der Waals surface area contributed by atoms with Crippen LogP contribution < -0.4 is 4.74 Å². The molecule has 1 saturated carbocycles. The number of hydrogen-bond acceptors (Lipinski definition) is 1. The van der Waals surface area contributed by atoms with Gasteiger partial charge in [0.2, 0.25) is 0 Å². The van der Waals surface area contributed by atoms with Gasteiger partial charge in [-0.15, -0.1) is 0 Å². The van der Waals surface area contributed by atoms with Crippen LogP contribution in [0.4, 0.5) is 13.2 Å². The summed E-state index contributed by atoms with van der Waals surface area (Å²) in [6, 6.07) is 8.00. The Morgan fingerprint density at radius 2 is 1.62 bits per heavy atom. The van der Waals surface area contributed by atoms with Crippen LogP contribution in [0.3, 0.4) is 0 Å². The third-order valence-corrected chi connectivity index (χ3v) is 5.91. The smallest absolute Gasteiger partial charge is 0.420 e. The lowest BCUT2D eigenvalue weighted by atomic mass is 9.72. The van der Waals surface area contributed by atoms with Crippen molar-refractivity contribution in [3.8, 4) is 5.75 Å². The van der Waals surface area contributed by atoms with Gasteiger partial charge in [-0.2, -0.15) is 13.2 Å². The number of benzene rings is 2. The molecule has 0 amide bonds. The van der Waals surface area contributed by atoms with Crippen molar-refractivity contribution in [3.05, 3.63) is 40.4 Å². The number of alkyl halides is 3. The van der Waals surface area contributed by atoms with Crippen LogP contribution in [0, 0.1) is 11.3 Å². The van der Waals surface area contributed by atoms with E-state index in [0.717, 1.165) is 30.2 Å². The second kappa shape index (κ2) is 7.06. The molecular weight excluding hydrogens is 405 g/mol. The van der Waals surface area contributed by atoms with Crippen molar-refractivity contribution in [2.45, 2.75) is 58.7 Å². The summed E-state index contributed by atoms with van der Waals surface area (Å²) in [4.78, 5) is 0. The third kappa shape index (κ3) is 4.19. The summed E-state index contributed by atoms with van der Waals surface area (Å²) >= 11 is 3.31. The number of halogens is 4. The summed E-state index contributed by atoms with van der Waals surface area (Å²) in [5.74, 6) is 0.546. The zero-order valence-corrected chi connectivity index (χ0v) is 16.9. The fraction of sp³-hybridized carbons (Fsp3) is 0.524. The molecule has 5 heteroatoms. The minimum absolute atomic E-state index is 0.0495. The lowest BCUT2D eigenvalue weighted by Crippen LogP contribution is -2.31. The van der Waals surface area contributed by atoms with Crippen LogP contribution in [0.25, 0.3) is 10.8 Å². The molecule has 0 N–H and O–H groups in total. The van der Waals surface area contributed by atoms with Crippen molar-refractivity contribution in [3.63, 3.8) is 0 Å². The molecule has 0 radical (unpaired) electrons. The van der Waals surface area contributed by atoms with Gasteiger partial charge < -0.3 is 4.74 Å². The topological polar surface area (TPSA) is 9.23 Å². The molecule has 142 valence electrons. The lowest BCUT2D eigenvalue weighted by molar-refractivity contribution is -0.138. The minimum atomic E-state index is -4.45. The van der Waals surface area contributed by atoms with Crippen LogP contribution in [-0.4, -0.2) is 6.10 Å². The van der Waals surface area contributed by atoms with E-state index in [-0.39, 0.29) is 22.7 Å². The number of fused-ring (bicyclic) bond motifs is 1. The van der Waals surface area contributed by atoms with Crippen LogP contribution in [0.5, 0.6) is 5.75 Å². The van der Waals surface area contributed by atoms with E-state index in [2.05, 4.69) is 36.7 Å². The molecule has 2 aromatic carbocycles. The van der Waals surface area contributed by atoms with E-state index in [1.165, 1.54) is 12.1 Å². The second-order valence-electron chi connectivity index (χ2n) is 8.26. The molecule has 0 heterocycles. The van der Waals surface area contributed by atoms with Crippen molar-refractivity contribution < 1.29 is 17.9 Å². The average molecular weight is 429 g/mol. The maximum atomic E-state index is 13.8. The fourth-order valence-corrected chi connectivity index (χ4v) is 4.28. The summed E-state index contributed by atoms with van der Waals surface area (Å²) in [5.41, 5.74) is -0.432. The van der Waals surface area contributed by atoms with Gasteiger partial charge in [0, 0.05) is 4.47 Å². The Morgan fingerprint density at radius 1 is 0.962 bits per heavy atom. The van der Waals surface area contributed by atoms with Crippen molar-refractivity contribution in [2.24, 2.45) is 11.3 Å². The fourth-order valence-electron chi connectivity index (χ4n) is 3.90. The Bertz CT molecular complexity index is 784. The molecule has 26 heavy (non-hydrogen) atoms. The molecule has 0 saturated heterocycles. The Morgan fingerprint density at radius 3 is 2.19 bits per heavy atom. The zero-order valence-electron chi connectivity index (χ0n) is 15.3. The van der Waals surface area contributed by atoms with E-state index in [1.807, 2.05) is 0 Å².